The number of anilines is 1. The molecule has 1 aliphatic carbocycles. The predicted octanol–water partition coefficient (Wildman–Crippen LogP) is 1.63. The zero-order valence-corrected chi connectivity index (χ0v) is 13.4. The van der Waals surface area contributed by atoms with Crippen LogP contribution in [0, 0.1) is 5.41 Å². The van der Waals surface area contributed by atoms with Crippen LogP contribution in [0.2, 0.25) is 0 Å². The number of nitrogens with one attached hydrogen (secondary N) is 1. The van der Waals surface area contributed by atoms with Gasteiger partial charge in [0, 0.05) is 25.3 Å². The summed E-state index contributed by atoms with van der Waals surface area (Å²) in [5.74, 6) is 1.02. The maximum Gasteiger partial charge on any atom is 0.139 e. The van der Waals surface area contributed by atoms with Crippen LogP contribution in [0.1, 0.15) is 36.6 Å². The zero-order chi connectivity index (χ0) is 15.4. The summed E-state index contributed by atoms with van der Waals surface area (Å²) in [6.07, 6.45) is 4.33. The molecule has 0 saturated carbocycles. The van der Waals surface area contributed by atoms with Gasteiger partial charge in [-0.3, -0.25) is 5.41 Å². The zero-order valence-electron chi connectivity index (χ0n) is 13.4. The van der Waals surface area contributed by atoms with E-state index in [-0.39, 0.29) is 5.84 Å². The molecule has 1 aromatic heterocycles. The van der Waals surface area contributed by atoms with Crippen LogP contribution in [0.25, 0.3) is 0 Å². The van der Waals surface area contributed by atoms with Crippen LogP contribution in [0.3, 0.4) is 0 Å². The molecule has 0 spiro atoms. The van der Waals surface area contributed by atoms with Crippen molar-refractivity contribution in [1.29, 1.82) is 5.41 Å². The van der Waals surface area contributed by atoms with Crippen molar-refractivity contribution in [2.75, 3.05) is 38.6 Å². The lowest BCUT2D eigenvalue weighted by atomic mass is 10.1. The fraction of sp³-hybridized carbons (Fsp3) is 0.625. The Hall–Kier alpha value is -1.62. The molecule has 0 amide bonds. The minimum absolute atomic E-state index is 0.123. The van der Waals surface area contributed by atoms with Gasteiger partial charge in [-0.2, -0.15) is 0 Å². The maximum absolute atomic E-state index is 7.88. The molecule has 5 nitrogen and oxygen atoms in total. The van der Waals surface area contributed by atoms with E-state index >= 15 is 0 Å². The normalized spacial score (nSPS) is 13.5. The molecule has 5 heteroatoms. The molecular weight excluding hydrogens is 262 g/mol. The smallest absolute Gasteiger partial charge is 0.139 e. The number of nitrogens with two attached hydrogens (primary N) is 1. The summed E-state index contributed by atoms with van der Waals surface area (Å²) in [6.45, 7) is 4.99. The summed E-state index contributed by atoms with van der Waals surface area (Å²) in [5, 5.41) is 7.88. The second kappa shape index (κ2) is 6.89. The molecular formula is C16H27N5. The third-order valence-corrected chi connectivity index (χ3v) is 3.93. The Bertz CT molecular complexity index is 510. The number of aryl methyl sites for hydroxylation is 2. The average molecular weight is 289 g/mol. The number of nitrogens with zero attached hydrogens (tertiary/aromatic N) is 3. The van der Waals surface area contributed by atoms with Crippen molar-refractivity contribution in [3.8, 4) is 0 Å². The van der Waals surface area contributed by atoms with E-state index in [1.807, 2.05) is 0 Å². The molecule has 0 atom stereocenters. The van der Waals surface area contributed by atoms with Gasteiger partial charge in [-0.25, -0.2) is 4.98 Å². The highest BCUT2D eigenvalue weighted by Gasteiger charge is 2.21. The van der Waals surface area contributed by atoms with Gasteiger partial charge in [0.1, 0.15) is 11.7 Å². The van der Waals surface area contributed by atoms with Gasteiger partial charge < -0.3 is 15.5 Å². The Morgan fingerprint density at radius 3 is 2.67 bits per heavy atom. The number of rotatable bonds is 7. The number of aromatic nitrogens is 1. The summed E-state index contributed by atoms with van der Waals surface area (Å²) in [6, 6.07) is 2.09. The van der Waals surface area contributed by atoms with Crippen molar-refractivity contribution in [2.24, 2.45) is 5.73 Å². The first-order chi connectivity index (χ1) is 10.0. The van der Waals surface area contributed by atoms with Gasteiger partial charge >= 0.3 is 0 Å². The first-order valence-corrected chi connectivity index (χ1v) is 7.79. The van der Waals surface area contributed by atoms with Gasteiger partial charge in [-0.15, -0.1) is 0 Å². The van der Waals surface area contributed by atoms with E-state index in [0.717, 1.165) is 56.7 Å². The largest absolute Gasteiger partial charge is 0.384 e. The van der Waals surface area contributed by atoms with Crippen molar-refractivity contribution in [1.82, 2.24) is 9.88 Å². The molecule has 2 rings (SSSR count). The van der Waals surface area contributed by atoms with E-state index in [1.165, 1.54) is 11.3 Å². The second-order valence-electron chi connectivity index (χ2n) is 6.02. The van der Waals surface area contributed by atoms with E-state index in [4.69, 9.17) is 16.1 Å². The lowest BCUT2D eigenvalue weighted by molar-refractivity contribution is 0.412. The standard InChI is InChI=1S/C16H27N5/c1-4-8-21(10-9-20(2)3)16-13(15(17)18)11-12-6-5-7-14(12)19-16/h11H,4-10H2,1-3H3,(H3,17,18). The molecule has 0 aromatic carbocycles. The first kappa shape index (κ1) is 15.8. The SMILES string of the molecule is CCCN(CCN(C)C)c1nc2c(cc1C(=N)N)CCC2. The average Bonchev–Trinajstić information content (AvgIpc) is 2.89. The lowest BCUT2D eigenvalue weighted by Gasteiger charge is -2.27. The van der Waals surface area contributed by atoms with Crippen LogP contribution < -0.4 is 10.6 Å². The van der Waals surface area contributed by atoms with E-state index in [2.05, 4.69) is 36.9 Å². The molecule has 3 N–H and O–H groups in total. The highest BCUT2D eigenvalue weighted by molar-refractivity contribution is 6.00. The lowest BCUT2D eigenvalue weighted by Crippen LogP contribution is -2.34. The summed E-state index contributed by atoms with van der Waals surface area (Å²) in [4.78, 5) is 9.30. The van der Waals surface area contributed by atoms with Crippen molar-refractivity contribution in [3.05, 3.63) is 22.9 Å². The molecule has 0 fully saturated rings. The van der Waals surface area contributed by atoms with Gasteiger partial charge in [0.05, 0.1) is 5.56 Å². The van der Waals surface area contributed by atoms with Gasteiger partial charge in [0.15, 0.2) is 0 Å². The summed E-state index contributed by atoms with van der Waals surface area (Å²) in [5.41, 5.74) is 9.07. The van der Waals surface area contributed by atoms with Crippen LogP contribution in [0.15, 0.2) is 6.07 Å². The number of amidine groups is 1. The van der Waals surface area contributed by atoms with Gasteiger partial charge in [0.2, 0.25) is 0 Å². The van der Waals surface area contributed by atoms with Gasteiger partial charge in [-0.05, 0) is 51.4 Å². The highest BCUT2D eigenvalue weighted by Crippen LogP contribution is 2.27. The summed E-state index contributed by atoms with van der Waals surface area (Å²) >= 11 is 0. The number of hydrogen-bond donors (Lipinski definition) is 2. The van der Waals surface area contributed by atoms with E-state index < -0.39 is 0 Å². The minimum atomic E-state index is 0.123. The number of fused-ring (bicyclic) bond motifs is 1. The van der Waals surface area contributed by atoms with Crippen LogP contribution in [0.4, 0.5) is 5.82 Å². The monoisotopic (exact) mass is 289 g/mol. The fourth-order valence-electron chi connectivity index (χ4n) is 2.81. The second-order valence-corrected chi connectivity index (χ2v) is 6.02. The number of hydrogen-bond acceptors (Lipinski definition) is 4. The fourth-order valence-corrected chi connectivity index (χ4v) is 2.81. The summed E-state index contributed by atoms with van der Waals surface area (Å²) < 4.78 is 0. The molecule has 0 aliphatic heterocycles. The van der Waals surface area contributed by atoms with Crippen LogP contribution >= 0.6 is 0 Å². The summed E-state index contributed by atoms with van der Waals surface area (Å²) in [7, 11) is 4.15. The van der Waals surface area contributed by atoms with Crippen molar-refractivity contribution in [3.63, 3.8) is 0 Å². The van der Waals surface area contributed by atoms with E-state index in [9.17, 15) is 0 Å². The van der Waals surface area contributed by atoms with E-state index in [1.54, 1.807) is 0 Å². The van der Waals surface area contributed by atoms with Crippen molar-refractivity contribution in [2.45, 2.75) is 32.6 Å². The molecule has 1 heterocycles. The van der Waals surface area contributed by atoms with Crippen LogP contribution in [0.5, 0.6) is 0 Å². The maximum atomic E-state index is 7.88. The molecule has 0 saturated heterocycles. The Labute approximate surface area is 127 Å². The molecule has 21 heavy (non-hydrogen) atoms. The quantitative estimate of drug-likeness (QED) is 0.591. The number of likely N-dealkylation sites (N-methyl/N-ethyl adjacent to an activating group) is 1. The minimum Gasteiger partial charge on any atom is -0.384 e. The predicted molar refractivity (Wildman–Crippen MR) is 88.3 cm³/mol. The number of pyridine rings is 1. The molecule has 0 unspecified atom stereocenters. The van der Waals surface area contributed by atoms with Crippen LogP contribution in [-0.4, -0.2) is 49.4 Å². The molecule has 1 aliphatic rings. The third kappa shape index (κ3) is 3.73. The molecule has 116 valence electrons. The molecule has 1 aromatic rings. The van der Waals surface area contributed by atoms with Crippen molar-refractivity contribution < 1.29 is 0 Å². The van der Waals surface area contributed by atoms with Gasteiger partial charge in [0.25, 0.3) is 0 Å². The van der Waals surface area contributed by atoms with Gasteiger partial charge in [-0.1, -0.05) is 6.92 Å². The Kier molecular flexibility index (Phi) is 5.17. The first-order valence-electron chi connectivity index (χ1n) is 7.79. The van der Waals surface area contributed by atoms with E-state index in [0.29, 0.717) is 0 Å². The highest BCUT2D eigenvalue weighted by atomic mass is 15.2. The topological polar surface area (TPSA) is 69.2 Å². The molecule has 0 bridgehead atoms. The van der Waals surface area contributed by atoms with Crippen LogP contribution in [-0.2, 0) is 12.8 Å². The Morgan fingerprint density at radius 2 is 2.05 bits per heavy atom. The third-order valence-electron chi connectivity index (χ3n) is 3.93. The Balaban J connectivity index is 2.35. The Morgan fingerprint density at radius 1 is 1.29 bits per heavy atom. The molecule has 0 radical (unpaired) electrons. The van der Waals surface area contributed by atoms with Crippen molar-refractivity contribution >= 4 is 11.7 Å². The number of nitrogen functional groups attached to an aromatic ring is 1.